The number of urea groups is 1. The summed E-state index contributed by atoms with van der Waals surface area (Å²) < 4.78 is 30.3. The summed E-state index contributed by atoms with van der Waals surface area (Å²) in [5, 5.41) is 3.14. The molecule has 202 valence electrons. The second-order valence-corrected chi connectivity index (χ2v) is 9.93. The first-order valence-corrected chi connectivity index (χ1v) is 13.2. The van der Waals surface area contributed by atoms with E-state index in [0.29, 0.717) is 63.1 Å². The molecule has 0 bridgehead atoms. The van der Waals surface area contributed by atoms with Gasteiger partial charge >= 0.3 is 11.7 Å². The average Bonchev–Trinajstić information content (AvgIpc) is 3.16. The standard InChI is InChI=1S/C27H33F2N7O2/c1-3-34-16-17(19-6-4-7-20(28)23(19)29)9-10-21(25(34)30-2)32-26(37)35-14-11-18(12-15-35)36-22-8-5-13-31-24(22)33-27(36)38/h4-8,13,17-18,21H,3,9-12,14-16H2,1-2H3,(H,32,37)(H,31,33,38)/t17-,21-/m1/s1. The van der Waals surface area contributed by atoms with Crippen LogP contribution in [0.4, 0.5) is 13.6 Å². The molecule has 2 saturated heterocycles. The molecular formula is C27H33F2N7O2. The smallest absolute Gasteiger partial charge is 0.327 e. The number of carbonyl (C=O) groups excluding carboxylic acids is 1. The zero-order chi connectivity index (χ0) is 26.8. The van der Waals surface area contributed by atoms with Crippen molar-refractivity contribution < 1.29 is 13.6 Å². The van der Waals surface area contributed by atoms with Crippen LogP contribution in [0.2, 0.25) is 0 Å². The van der Waals surface area contributed by atoms with Crippen LogP contribution in [-0.2, 0) is 0 Å². The first kappa shape index (κ1) is 25.9. The van der Waals surface area contributed by atoms with E-state index in [4.69, 9.17) is 0 Å². The van der Waals surface area contributed by atoms with Crippen molar-refractivity contribution in [2.75, 3.05) is 33.2 Å². The summed E-state index contributed by atoms with van der Waals surface area (Å²) in [5.41, 5.74) is 1.50. The highest BCUT2D eigenvalue weighted by molar-refractivity contribution is 5.91. The number of aromatic nitrogens is 3. The molecule has 1 aromatic carbocycles. The van der Waals surface area contributed by atoms with Gasteiger partial charge in [0.05, 0.1) is 11.6 Å². The van der Waals surface area contributed by atoms with Gasteiger partial charge in [-0.3, -0.25) is 14.5 Å². The minimum atomic E-state index is -0.849. The second-order valence-electron chi connectivity index (χ2n) is 9.93. The van der Waals surface area contributed by atoms with Gasteiger partial charge in [0.15, 0.2) is 17.3 Å². The van der Waals surface area contributed by atoms with Gasteiger partial charge in [0.1, 0.15) is 5.84 Å². The molecule has 5 rings (SSSR count). The molecule has 2 aromatic heterocycles. The van der Waals surface area contributed by atoms with E-state index < -0.39 is 11.6 Å². The summed E-state index contributed by atoms with van der Waals surface area (Å²) >= 11 is 0. The molecule has 0 aliphatic carbocycles. The molecule has 2 atom stereocenters. The molecule has 2 fully saturated rings. The Morgan fingerprint density at radius 3 is 2.68 bits per heavy atom. The van der Waals surface area contributed by atoms with Crippen LogP contribution in [0.5, 0.6) is 0 Å². The third-order valence-electron chi connectivity index (χ3n) is 7.82. The molecule has 4 heterocycles. The number of likely N-dealkylation sites (tertiary alicyclic amines) is 2. The Kier molecular flexibility index (Phi) is 7.44. The Morgan fingerprint density at radius 1 is 1.16 bits per heavy atom. The lowest BCUT2D eigenvalue weighted by molar-refractivity contribution is 0.170. The maximum absolute atomic E-state index is 14.6. The van der Waals surface area contributed by atoms with Crippen LogP contribution in [0.15, 0.2) is 46.3 Å². The predicted octanol–water partition coefficient (Wildman–Crippen LogP) is 3.65. The van der Waals surface area contributed by atoms with Gasteiger partial charge in [0.25, 0.3) is 0 Å². The van der Waals surface area contributed by atoms with E-state index in [0.717, 1.165) is 17.4 Å². The maximum atomic E-state index is 14.6. The highest BCUT2D eigenvalue weighted by Gasteiger charge is 2.33. The lowest BCUT2D eigenvalue weighted by atomic mass is 9.93. The summed E-state index contributed by atoms with van der Waals surface area (Å²) in [6, 6.07) is 7.44. The van der Waals surface area contributed by atoms with Crippen LogP contribution in [0.3, 0.4) is 0 Å². The molecule has 3 aromatic rings. The maximum Gasteiger partial charge on any atom is 0.327 e. The van der Waals surface area contributed by atoms with Crippen molar-refractivity contribution in [1.29, 1.82) is 0 Å². The Labute approximate surface area is 219 Å². The molecule has 0 radical (unpaired) electrons. The Balaban J connectivity index is 1.26. The molecule has 2 aliphatic rings. The minimum Gasteiger partial charge on any atom is -0.358 e. The quantitative estimate of drug-likeness (QED) is 0.543. The fourth-order valence-electron chi connectivity index (χ4n) is 5.87. The van der Waals surface area contributed by atoms with Crippen molar-refractivity contribution in [2.24, 2.45) is 4.99 Å². The zero-order valence-electron chi connectivity index (χ0n) is 21.7. The molecule has 2 N–H and O–H groups in total. The van der Waals surface area contributed by atoms with Gasteiger partial charge in [-0.05, 0) is 56.4 Å². The van der Waals surface area contributed by atoms with Crippen LogP contribution < -0.4 is 11.0 Å². The van der Waals surface area contributed by atoms with Crippen LogP contribution >= 0.6 is 0 Å². The number of H-pyrrole nitrogens is 1. The highest BCUT2D eigenvalue weighted by Crippen LogP contribution is 2.31. The lowest BCUT2D eigenvalue weighted by Gasteiger charge is -2.34. The normalized spacial score (nSPS) is 22.2. The van der Waals surface area contributed by atoms with Gasteiger partial charge in [-0.25, -0.2) is 23.4 Å². The van der Waals surface area contributed by atoms with Crippen molar-refractivity contribution in [1.82, 2.24) is 29.7 Å². The molecule has 0 spiro atoms. The van der Waals surface area contributed by atoms with Gasteiger partial charge in [-0.1, -0.05) is 12.1 Å². The molecule has 2 aliphatic heterocycles. The predicted molar refractivity (Wildman–Crippen MR) is 141 cm³/mol. The number of hydrogen-bond donors (Lipinski definition) is 2. The van der Waals surface area contributed by atoms with Gasteiger partial charge in [-0.2, -0.15) is 0 Å². The number of amidine groups is 1. The van der Waals surface area contributed by atoms with E-state index in [-0.39, 0.29) is 29.7 Å². The van der Waals surface area contributed by atoms with Gasteiger partial charge in [0, 0.05) is 51.4 Å². The Bertz CT molecular complexity index is 1390. The van der Waals surface area contributed by atoms with Crippen molar-refractivity contribution in [3.8, 4) is 0 Å². The van der Waals surface area contributed by atoms with Crippen molar-refractivity contribution in [3.63, 3.8) is 0 Å². The van der Waals surface area contributed by atoms with E-state index in [1.807, 2.05) is 17.9 Å². The van der Waals surface area contributed by atoms with E-state index in [9.17, 15) is 18.4 Å². The number of pyridine rings is 1. The van der Waals surface area contributed by atoms with Gasteiger partial charge in [0.2, 0.25) is 0 Å². The highest BCUT2D eigenvalue weighted by atomic mass is 19.2. The molecule has 0 saturated carbocycles. The summed E-state index contributed by atoms with van der Waals surface area (Å²) in [4.78, 5) is 41.2. The SMILES string of the molecule is CCN1C[C@H](c2cccc(F)c2F)CC[C@@H](NC(=O)N2CCC(n3c(=O)[nH]c4ncccc43)CC2)C1=NC. The third-order valence-corrected chi connectivity index (χ3v) is 7.82. The summed E-state index contributed by atoms with van der Waals surface area (Å²) in [6.45, 7) is 4.13. The Morgan fingerprint density at radius 2 is 1.95 bits per heavy atom. The number of halogens is 2. The fourth-order valence-corrected chi connectivity index (χ4v) is 5.87. The second kappa shape index (κ2) is 10.9. The number of aliphatic imine (C=N–C) groups is 1. The number of fused-ring (bicyclic) bond motifs is 1. The topological polar surface area (TPSA) is 98.6 Å². The summed E-state index contributed by atoms with van der Waals surface area (Å²) in [7, 11) is 1.69. The van der Waals surface area contributed by atoms with Gasteiger partial charge in [-0.15, -0.1) is 0 Å². The monoisotopic (exact) mass is 525 g/mol. The number of nitrogens with one attached hydrogen (secondary N) is 2. The van der Waals surface area contributed by atoms with Gasteiger partial charge < -0.3 is 15.1 Å². The molecule has 9 nitrogen and oxygen atoms in total. The van der Waals surface area contributed by atoms with E-state index in [1.54, 1.807) is 34.8 Å². The van der Waals surface area contributed by atoms with E-state index in [1.165, 1.54) is 6.07 Å². The largest absolute Gasteiger partial charge is 0.358 e. The lowest BCUT2D eigenvalue weighted by Crippen LogP contribution is -2.53. The van der Waals surface area contributed by atoms with E-state index in [2.05, 4.69) is 20.3 Å². The number of hydrogen-bond acceptors (Lipinski definition) is 4. The molecular weight excluding hydrogens is 492 g/mol. The number of aromatic amines is 1. The number of likely N-dealkylation sites (N-methyl/N-ethyl adjacent to an activating group) is 1. The average molecular weight is 526 g/mol. The molecule has 38 heavy (non-hydrogen) atoms. The first-order valence-electron chi connectivity index (χ1n) is 13.2. The Hall–Kier alpha value is -3.76. The number of benzene rings is 1. The zero-order valence-corrected chi connectivity index (χ0v) is 21.7. The van der Waals surface area contributed by atoms with Crippen LogP contribution in [0.25, 0.3) is 11.2 Å². The minimum absolute atomic E-state index is 0.0207. The van der Waals surface area contributed by atoms with Crippen molar-refractivity contribution in [3.05, 3.63) is 64.2 Å². The van der Waals surface area contributed by atoms with Crippen LogP contribution in [-0.4, -0.2) is 75.5 Å². The fraction of sp³-hybridized carbons (Fsp3) is 0.481. The van der Waals surface area contributed by atoms with E-state index >= 15 is 0 Å². The number of piperidine rings is 1. The summed E-state index contributed by atoms with van der Waals surface area (Å²) in [5.74, 6) is -1.13. The molecule has 11 heteroatoms. The van der Waals surface area contributed by atoms with Crippen LogP contribution in [0, 0.1) is 11.6 Å². The first-order chi connectivity index (χ1) is 18.4. The number of imidazole rings is 1. The third kappa shape index (κ3) is 4.89. The number of carbonyl (C=O) groups is 1. The number of amides is 2. The number of nitrogens with zero attached hydrogens (tertiary/aromatic N) is 5. The van der Waals surface area contributed by atoms with Crippen molar-refractivity contribution in [2.45, 2.75) is 50.6 Å². The molecule has 2 amide bonds. The number of rotatable bonds is 4. The molecule has 0 unspecified atom stereocenters. The van der Waals surface area contributed by atoms with Crippen molar-refractivity contribution >= 4 is 23.0 Å². The summed E-state index contributed by atoms with van der Waals surface area (Å²) in [6.07, 6.45) is 4.09. The van der Waals surface area contributed by atoms with Crippen LogP contribution in [0.1, 0.15) is 50.1 Å².